The van der Waals surface area contributed by atoms with Crippen molar-refractivity contribution >= 4 is 17.7 Å². The van der Waals surface area contributed by atoms with Crippen molar-refractivity contribution in [3.05, 3.63) is 23.8 Å². The Labute approximate surface area is 151 Å². The molecule has 3 rings (SSSR count). The van der Waals surface area contributed by atoms with E-state index in [1.165, 1.54) is 12.4 Å². The van der Waals surface area contributed by atoms with Crippen molar-refractivity contribution in [1.29, 1.82) is 0 Å². The fraction of sp³-hybridized carbons (Fsp3) is 0.588. The van der Waals surface area contributed by atoms with Crippen molar-refractivity contribution in [3.8, 4) is 0 Å². The topological polar surface area (TPSA) is 139 Å². The predicted octanol–water partition coefficient (Wildman–Crippen LogP) is -0.687. The van der Waals surface area contributed by atoms with E-state index in [9.17, 15) is 19.5 Å². The summed E-state index contributed by atoms with van der Waals surface area (Å²) in [5.41, 5.74) is 5.19. The molecule has 0 unspecified atom stereocenters. The summed E-state index contributed by atoms with van der Waals surface area (Å²) < 4.78 is 0. The molecule has 26 heavy (non-hydrogen) atoms. The lowest BCUT2D eigenvalue weighted by atomic mass is 9.80. The Kier molecular flexibility index (Phi) is 5.17. The number of rotatable bonds is 4. The smallest absolute Gasteiger partial charge is 0.271 e. The number of aliphatic hydroxyl groups is 1. The number of nitrogens with one attached hydrogen (secondary N) is 1. The molecule has 4 N–H and O–H groups in total. The van der Waals surface area contributed by atoms with Crippen molar-refractivity contribution in [2.45, 2.75) is 38.3 Å². The van der Waals surface area contributed by atoms with E-state index in [2.05, 4.69) is 15.3 Å². The Morgan fingerprint density at radius 3 is 2.38 bits per heavy atom. The van der Waals surface area contributed by atoms with Gasteiger partial charge in [0.1, 0.15) is 11.4 Å². The van der Waals surface area contributed by atoms with E-state index in [4.69, 9.17) is 5.73 Å². The zero-order valence-electron chi connectivity index (χ0n) is 14.6. The molecule has 9 heteroatoms. The van der Waals surface area contributed by atoms with Crippen LogP contribution in [0.25, 0.3) is 0 Å². The maximum Gasteiger partial charge on any atom is 0.271 e. The predicted molar refractivity (Wildman–Crippen MR) is 90.9 cm³/mol. The number of nitrogens with two attached hydrogens (primary N) is 1. The molecule has 1 saturated heterocycles. The first kappa shape index (κ1) is 18.2. The van der Waals surface area contributed by atoms with Gasteiger partial charge in [0.25, 0.3) is 11.8 Å². The van der Waals surface area contributed by atoms with Crippen molar-refractivity contribution in [1.82, 2.24) is 20.2 Å². The molecule has 3 amide bonds. The van der Waals surface area contributed by atoms with Crippen LogP contribution in [0.1, 0.15) is 47.2 Å². The molecule has 140 valence electrons. The summed E-state index contributed by atoms with van der Waals surface area (Å²) in [6.07, 6.45) is 3.79. The molecule has 2 aliphatic rings. The van der Waals surface area contributed by atoms with Crippen LogP contribution in [0.3, 0.4) is 0 Å². The zero-order valence-corrected chi connectivity index (χ0v) is 14.6. The molecular weight excluding hydrogens is 338 g/mol. The number of primary amides is 1. The summed E-state index contributed by atoms with van der Waals surface area (Å²) in [5.74, 6) is -0.920. The molecule has 0 aromatic carbocycles. The average Bonchev–Trinajstić information content (AvgIpc) is 2.58. The van der Waals surface area contributed by atoms with Crippen LogP contribution in [0.4, 0.5) is 0 Å². The van der Waals surface area contributed by atoms with Gasteiger partial charge in [-0.3, -0.25) is 14.4 Å². The van der Waals surface area contributed by atoms with Gasteiger partial charge in [-0.1, -0.05) is 6.92 Å². The number of carbonyl (C=O) groups excluding carboxylic acids is 3. The molecular formula is C17H23N5O4. The minimum atomic E-state index is -0.708. The number of likely N-dealkylation sites (tertiary alicyclic amines) is 1. The molecule has 9 nitrogen and oxygen atoms in total. The minimum Gasteiger partial charge on any atom is -0.393 e. The molecule has 1 aromatic heterocycles. The molecule has 2 atom stereocenters. The van der Waals surface area contributed by atoms with E-state index in [1.54, 1.807) is 4.90 Å². The summed E-state index contributed by atoms with van der Waals surface area (Å²) in [7, 11) is 0. The molecule has 0 radical (unpaired) electrons. The number of aromatic nitrogens is 2. The lowest BCUT2D eigenvalue weighted by Crippen LogP contribution is -2.55. The van der Waals surface area contributed by atoms with E-state index in [1.807, 2.05) is 6.92 Å². The molecule has 1 aliphatic heterocycles. The van der Waals surface area contributed by atoms with Gasteiger partial charge in [0, 0.05) is 25.0 Å². The van der Waals surface area contributed by atoms with E-state index in [0.29, 0.717) is 25.9 Å². The summed E-state index contributed by atoms with van der Waals surface area (Å²) in [5, 5.41) is 12.3. The highest BCUT2D eigenvalue weighted by molar-refractivity contribution is 5.94. The van der Waals surface area contributed by atoms with Crippen LogP contribution in [-0.2, 0) is 4.79 Å². The van der Waals surface area contributed by atoms with E-state index >= 15 is 0 Å². The quantitative estimate of drug-likeness (QED) is 0.649. The number of hydrogen-bond donors (Lipinski definition) is 3. The van der Waals surface area contributed by atoms with Gasteiger partial charge in [-0.2, -0.15) is 0 Å². The van der Waals surface area contributed by atoms with Gasteiger partial charge >= 0.3 is 0 Å². The second-order valence-corrected chi connectivity index (χ2v) is 7.23. The lowest BCUT2D eigenvalue weighted by Gasteiger charge is -2.41. The summed E-state index contributed by atoms with van der Waals surface area (Å²) in [4.78, 5) is 45.4. The standard InChI is InChI=1S/C17H23N5O4/c1-9-2-11(8-22(7-9)17(26)10-3-12(23)4-10)21-16(25)14-6-19-13(5-20-14)15(18)24/h5-6,9-12,23H,2-4,7-8H2,1H3,(H2,18,24)(H,21,25)/t9-,10?,11-,12?/m1/s1. The summed E-state index contributed by atoms with van der Waals surface area (Å²) >= 11 is 0. The van der Waals surface area contributed by atoms with Gasteiger partial charge in [0.05, 0.1) is 18.5 Å². The Morgan fingerprint density at radius 2 is 1.81 bits per heavy atom. The number of piperidine rings is 1. The van der Waals surface area contributed by atoms with Crippen molar-refractivity contribution in [2.24, 2.45) is 17.6 Å². The molecule has 1 aromatic rings. The average molecular weight is 361 g/mol. The minimum absolute atomic E-state index is 0.00713. The highest BCUT2D eigenvalue weighted by atomic mass is 16.3. The SMILES string of the molecule is C[C@@H]1C[C@@H](NC(=O)c2cnc(C(N)=O)cn2)CN(C(=O)C2CC(O)C2)C1. The molecule has 0 bridgehead atoms. The fourth-order valence-electron chi connectivity index (χ4n) is 3.52. The Balaban J connectivity index is 1.60. The highest BCUT2D eigenvalue weighted by Gasteiger charge is 2.38. The normalized spacial score (nSPS) is 28.2. The third kappa shape index (κ3) is 3.98. The number of aliphatic hydroxyl groups excluding tert-OH is 1. The third-order valence-corrected chi connectivity index (χ3v) is 4.91. The molecule has 2 heterocycles. The van der Waals surface area contributed by atoms with Gasteiger partial charge in [-0.05, 0) is 25.2 Å². The van der Waals surface area contributed by atoms with Crippen molar-refractivity contribution in [2.75, 3.05) is 13.1 Å². The first-order valence-electron chi connectivity index (χ1n) is 8.73. The summed E-state index contributed by atoms with van der Waals surface area (Å²) in [6.45, 7) is 3.13. The Bertz CT molecular complexity index is 702. The maximum atomic E-state index is 12.5. The number of amides is 3. The summed E-state index contributed by atoms with van der Waals surface area (Å²) in [6, 6.07) is -0.183. The Morgan fingerprint density at radius 1 is 1.15 bits per heavy atom. The van der Waals surface area contributed by atoms with Gasteiger partial charge in [-0.15, -0.1) is 0 Å². The van der Waals surface area contributed by atoms with E-state index < -0.39 is 11.8 Å². The zero-order chi connectivity index (χ0) is 18.8. The Hall–Kier alpha value is -2.55. The third-order valence-electron chi connectivity index (χ3n) is 4.91. The lowest BCUT2D eigenvalue weighted by molar-refractivity contribution is -0.144. The van der Waals surface area contributed by atoms with E-state index in [-0.39, 0.29) is 41.3 Å². The molecule has 1 saturated carbocycles. The number of nitrogens with zero attached hydrogens (tertiary/aromatic N) is 3. The van der Waals surface area contributed by atoms with Gasteiger partial charge < -0.3 is 21.1 Å². The fourth-order valence-corrected chi connectivity index (χ4v) is 3.52. The van der Waals surface area contributed by atoms with Crippen LogP contribution >= 0.6 is 0 Å². The van der Waals surface area contributed by atoms with E-state index in [0.717, 1.165) is 6.42 Å². The monoisotopic (exact) mass is 361 g/mol. The molecule has 1 aliphatic carbocycles. The van der Waals surface area contributed by atoms with Crippen molar-refractivity contribution < 1.29 is 19.5 Å². The molecule has 0 spiro atoms. The van der Waals surface area contributed by atoms with Gasteiger partial charge in [-0.25, -0.2) is 9.97 Å². The first-order chi connectivity index (χ1) is 12.3. The largest absolute Gasteiger partial charge is 0.393 e. The van der Waals surface area contributed by atoms with Crippen LogP contribution in [0.15, 0.2) is 12.4 Å². The van der Waals surface area contributed by atoms with Crippen LogP contribution in [0.2, 0.25) is 0 Å². The van der Waals surface area contributed by atoms with Gasteiger partial charge in [0.2, 0.25) is 5.91 Å². The molecule has 2 fully saturated rings. The van der Waals surface area contributed by atoms with Crippen LogP contribution < -0.4 is 11.1 Å². The van der Waals surface area contributed by atoms with Crippen LogP contribution in [-0.4, -0.2) is 62.9 Å². The second-order valence-electron chi connectivity index (χ2n) is 7.23. The van der Waals surface area contributed by atoms with Crippen molar-refractivity contribution in [3.63, 3.8) is 0 Å². The van der Waals surface area contributed by atoms with Gasteiger partial charge in [0.15, 0.2) is 0 Å². The van der Waals surface area contributed by atoms with Crippen LogP contribution in [0.5, 0.6) is 0 Å². The number of carbonyl (C=O) groups is 3. The number of hydrogen-bond acceptors (Lipinski definition) is 6. The highest BCUT2D eigenvalue weighted by Crippen LogP contribution is 2.30. The first-order valence-corrected chi connectivity index (χ1v) is 8.73. The second kappa shape index (κ2) is 7.36. The van der Waals surface area contributed by atoms with Crippen LogP contribution in [0, 0.1) is 11.8 Å². The maximum absolute atomic E-state index is 12.5.